The number of aromatic nitrogens is 4. The van der Waals surface area contributed by atoms with Gasteiger partial charge in [-0.3, -0.25) is 0 Å². The summed E-state index contributed by atoms with van der Waals surface area (Å²) in [6, 6.07) is 0. The van der Waals surface area contributed by atoms with Gasteiger partial charge in [-0.2, -0.15) is 0 Å². The molecule has 1 unspecified atom stereocenters. The van der Waals surface area contributed by atoms with E-state index in [1.807, 2.05) is 0 Å². The van der Waals surface area contributed by atoms with E-state index in [1.54, 1.807) is 0 Å². The second-order valence-corrected chi connectivity index (χ2v) is 2.17. The zero-order chi connectivity index (χ0) is 8.10. The minimum Gasteiger partial charge on any atom is -0.390 e. The van der Waals surface area contributed by atoms with Gasteiger partial charge in [-0.15, -0.1) is 5.10 Å². The highest BCUT2D eigenvalue weighted by Gasteiger charge is 2.02. The Kier molecular flexibility index (Phi) is 2.91. The van der Waals surface area contributed by atoms with Gasteiger partial charge < -0.3 is 5.11 Å². The van der Waals surface area contributed by atoms with Crippen LogP contribution >= 0.6 is 0 Å². The summed E-state index contributed by atoms with van der Waals surface area (Å²) in [7, 11) is 0. The molecule has 0 radical (unpaired) electrons. The fourth-order valence-electron chi connectivity index (χ4n) is 0.641. The Labute approximate surface area is 62.8 Å². The van der Waals surface area contributed by atoms with Gasteiger partial charge in [0.1, 0.15) is 13.0 Å². The fourth-order valence-corrected chi connectivity index (χ4v) is 0.641. The van der Waals surface area contributed by atoms with E-state index in [1.165, 1.54) is 11.0 Å². The van der Waals surface area contributed by atoms with Crippen molar-refractivity contribution < 1.29 is 9.50 Å². The van der Waals surface area contributed by atoms with Crippen molar-refractivity contribution in [2.24, 2.45) is 0 Å². The lowest BCUT2D eigenvalue weighted by molar-refractivity contribution is 0.124. The molecule has 1 aromatic rings. The van der Waals surface area contributed by atoms with Crippen LogP contribution in [0, 0.1) is 0 Å². The molecular formula is C5H9FN4O. The molecule has 1 rings (SSSR count). The second kappa shape index (κ2) is 3.97. The fraction of sp³-hybridized carbons (Fsp3) is 0.800. The van der Waals surface area contributed by atoms with Crippen LogP contribution in [0.2, 0.25) is 0 Å². The third kappa shape index (κ3) is 2.58. The Balaban J connectivity index is 2.23. The molecule has 0 saturated carbocycles. The highest BCUT2D eigenvalue weighted by molar-refractivity contribution is 4.54. The first-order valence-corrected chi connectivity index (χ1v) is 3.27. The van der Waals surface area contributed by atoms with Crippen molar-refractivity contribution in [2.75, 3.05) is 6.67 Å². The van der Waals surface area contributed by atoms with Crippen LogP contribution in [0.3, 0.4) is 0 Å². The Bertz CT molecular complexity index is 190. The van der Waals surface area contributed by atoms with Crippen LogP contribution < -0.4 is 0 Å². The topological polar surface area (TPSA) is 63.8 Å². The van der Waals surface area contributed by atoms with Crippen molar-refractivity contribution in [2.45, 2.75) is 19.1 Å². The van der Waals surface area contributed by atoms with Crippen LogP contribution in [-0.4, -0.2) is 38.1 Å². The maximum Gasteiger partial charge on any atom is 0.138 e. The third-order valence-electron chi connectivity index (χ3n) is 1.26. The Morgan fingerprint density at radius 2 is 2.45 bits per heavy atom. The van der Waals surface area contributed by atoms with Crippen molar-refractivity contribution in [1.29, 1.82) is 0 Å². The minimum absolute atomic E-state index is 0.335. The Morgan fingerprint density at radius 3 is 3.00 bits per heavy atom. The predicted molar refractivity (Wildman–Crippen MR) is 34.4 cm³/mol. The van der Waals surface area contributed by atoms with Gasteiger partial charge in [0, 0.05) is 6.54 Å². The van der Waals surface area contributed by atoms with E-state index in [-0.39, 0.29) is 0 Å². The zero-order valence-electron chi connectivity index (χ0n) is 5.89. The molecule has 0 fully saturated rings. The molecule has 0 aromatic carbocycles. The van der Waals surface area contributed by atoms with Crippen LogP contribution in [0.4, 0.5) is 4.39 Å². The average Bonchev–Trinajstić information content (AvgIpc) is 2.52. The smallest absolute Gasteiger partial charge is 0.138 e. The third-order valence-corrected chi connectivity index (χ3v) is 1.26. The first-order valence-electron chi connectivity index (χ1n) is 3.27. The maximum atomic E-state index is 11.7. The van der Waals surface area contributed by atoms with Crippen LogP contribution in [0.15, 0.2) is 6.33 Å². The lowest BCUT2D eigenvalue weighted by Gasteiger charge is -2.03. The second-order valence-electron chi connectivity index (χ2n) is 2.17. The highest BCUT2D eigenvalue weighted by atomic mass is 19.1. The summed E-state index contributed by atoms with van der Waals surface area (Å²) < 4.78 is 13.1. The summed E-state index contributed by atoms with van der Waals surface area (Å²) >= 11 is 0. The van der Waals surface area contributed by atoms with Gasteiger partial charge in [0.15, 0.2) is 0 Å². The summed E-state index contributed by atoms with van der Waals surface area (Å²) in [6.07, 6.45) is 0.853. The molecule has 0 saturated heterocycles. The van der Waals surface area contributed by atoms with Crippen molar-refractivity contribution in [3.63, 3.8) is 0 Å². The molecule has 11 heavy (non-hydrogen) atoms. The van der Waals surface area contributed by atoms with Crippen molar-refractivity contribution >= 4 is 0 Å². The molecule has 0 aliphatic heterocycles. The molecule has 0 spiro atoms. The van der Waals surface area contributed by atoms with E-state index in [0.29, 0.717) is 13.0 Å². The van der Waals surface area contributed by atoms with Crippen LogP contribution in [0.1, 0.15) is 6.42 Å². The first-order chi connectivity index (χ1) is 5.33. The number of nitrogens with zero attached hydrogens (tertiary/aromatic N) is 4. The number of aliphatic hydroxyl groups is 1. The molecule has 1 aromatic heterocycles. The molecule has 1 atom stereocenters. The van der Waals surface area contributed by atoms with Crippen molar-refractivity contribution in [1.82, 2.24) is 20.2 Å². The number of aryl methyl sites for hydroxylation is 1. The standard InChI is InChI=1S/C5H9FN4O/c6-3-5(11)1-2-10-4-7-8-9-10/h4-5,11H,1-3H2. The van der Waals surface area contributed by atoms with E-state index < -0.39 is 12.8 Å². The number of alkyl halides is 1. The van der Waals surface area contributed by atoms with Crippen LogP contribution in [0.25, 0.3) is 0 Å². The SMILES string of the molecule is OC(CF)CCn1cnnn1. The van der Waals surface area contributed by atoms with Gasteiger partial charge in [0.2, 0.25) is 0 Å². The first kappa shape index (κ1) is 8.06. The predicted octanol–water partition coefficient (Wildman–Crippen LogP) is -0.606. The number of hydrogen-bond donors (Lipinski definition) is 1. The van der Waals surface area contributed by atoms with Gasteiger partial charge in [-0.25, -0.2) is 9.07 Å². The van der Waals surface area contributed by atoms with Gasteiger partial charge in [-0.05, 0) is 16.8 Å². The maximum absolute atomic E-state index is 11.7. The number of halogens is 1. The summed E-state index contributed by atoms with van der Waals surface area (Å²) in [6.45, 7) is -0.278. The molecule has 0 amide bonds. The summed E-state index contributed by atoms with van der Waals surface area (Å²) in [5, 5.41) is 19.1. The molecule has 0 bridgehead atoms. The van der Waals surface area contributed by atoms with Crippen LogP contribution in [0.5, 0.6) is 0 Å². The Hall–Kier alpha value is -1.04. The van der Waals surface area contributed by atoms with E-state index in [0.717, 1.165) is 0 Å². The van der Waals surface area contributed by atoms with E-state index in [2.05, 4.69) is 15.5 Å². The van der Waals surface area contributed by atoms with Gasteiger partial charge in [0.05, 0.1) is 6.10 Å². The minimum atomic E-state index is -0.904. The summed E-state index contributed by atoms with van der Waals surface area (Å²) in [5.74, 6) is 0. The monoisotopic (exact) mass is 160 g/mol. The number of aliphatic hydroxyl groups excluding tert-OH is 1. The van der Waals surface area contributed by atoms with Crippen LogP contribution in [-0.2, 0) is 6.54 Å². The molecule has 0 aliphatic carbocycles. The molecule has 62 valence electrons. The molecule has 1 heterocycles. The quantitative estimate of drug-likeness (QED) is 0.638. The van der Waals surface area contributed by atoms with E-state index in [9.17, 15) is 4.39 Å². The highest BCUT2D eigenvalue weighted by Crippen LogP contribution is 1.94. The number of tetrazole rings is 1. The normalized spacial score (nSPS) is 13.3. The zero-order valence-corrected chi connectivity index (χ0v) is 5.89. The van der Waals surface area contributed by atoms with Gasteiger partial charge >= 0.3 is 0 Å². The number of hydrogen-bond acceptors (Lipinski definition) is 4. The van der Waals surface area contributed by atoms with Gasteiger partial charge in [-0.1, -0.05) is 0 Å². The largest absolute Gasteiger partial charge is 0.390 e. The average molecular weight is 160 g/mol. The van der Waals surface area contributed by atoms with E-state index in [4.69, 9.17) is 5.11 Å². The van der Waals surface area contributed by atoms with E-state index >= 15 is 0 Å². The molecule has 5 nitrogen and oxygen atoms in total. The van der Waals surface area contributed by atoms with Gasteiger partial charge in [0.25, 0.3) is 0 Å². The Morgan fingerprint density at radius 1 is 1.64 bits per heavy atom. The molecule has 1 N–H and O–H groups in total. The number of rotatable bonds is 4. The molecular weight excluding hydrogens is 151 g/mol. The van der Waals surface area contributed by atoms with Crippen molar-refractivity contribution in [3.05, 3.63) is 6.33 Å². The lowest BCUT2D eigenvalue weighted by atomic mass is 10.3. The molecule has 6 heteroatoms. The molecule has 0 aliphatic rings. The summed E-state index contributed by atoms with van der Waals surface area (Å²) in [4.78, 5) is 0. The lowest BCUT2D eigenvalue weighted by Crippen LogP contribution is -2.13. The summed E-state index contributed by atoms with van der Waals surface area (Å²) in [5.41, 5.74) is 0. The van der Waals surface area contributed by atoms with Crippen molar-refractivity contribution in [3.8, 4) is 0 Å².